The van der Waals surface area contributed by atoms with Crippen molar-refractivity contribution in [3.8, 4) is 0 Å². The lowest BCUT2D eigenvalue weighted by Crippen LogP contribution is -2.35. The van der Waals surface area contributed by atoms with Gasteiger partial charge in [0.15, 0.2) is 5.34 Å². The molecule has 1 aliphatic heterocycles. The molecule has 0 spiro atoms. The van der Waals surface area contributed by atoms with Crippen LogP contribution in [0.3, 0.4) is 0 Å². The molecule has 0 aromatic rings. The number of hydrogen-bond acceptors (Lipinski definition) is 6. The summed E-state index contributed by atoms with van der Waals surface area (Å²) < 4.78 is 22.8. The maximum Gasteiger partial charge on any atom is 0.359 e. The lowest BCUT2D eigenvalue weighted by atomic mass is 9.92. The lowest BCUT2D eigenvalue weighted by molar-refractivity contribution is -0.00966. The van der Waals surface area contributed by atoms with Crippen LogP contribution in [0, 0.1) is 0 Å². The Balaban J connectivity index is 2.71. The topological polar surface area (TPSA) is 116 Å². The van der Waals surface area contributed by atoms with Gasteiger partial charge in [-0.2, -0.15) is 0 Å². The zero-order valence-electron chi connectivity index (χ0n) is 13.0. The first-order valence-corrected chi connectivity index (χ1v) is 8.88. The van der Waals surface area contributed by atoms with E-state index in [9.17, 15) is 24.8 Å². The number of ether oxygens (including phenoxy) is 1. The minimum absolute atomic E-state index is 0.0789. The molecule has 4 N–H and O–H groups in total. The van der Waals surface area contributed by atoms with E-state index in [1.54, 1.807) is 21.7 Å². The largest absolute Gasteiger partial charge is 0.388 e. The summed E-state index contributed by atoms with van der Waals surface area (Å²) >= 11 is 0. The monoisotopic (exact) mass is 324 g/mol. The Morgan fingerprint density at radius 1 is 1.38 bits per heavy atom. The van der Waals surface area contributed by atoms with Crippen LogP contribution in [0.4, 0.5) is 0 Å². The van der Waals surface area contributed by atoms with E-state index in [1.165, 1.54) is 6.92 Å². The molecule has 0 radical (unpaired) electrons. The predicted octanol–water partition coefficient (Wildman–Crippen LogP) is -0.445. The van der Waals surface area contributed by atoms with Crippen molar-refractivity contribution >= 4 is 15.4 Å². The van der Waals surface area contributed by atoms with Gasteiger partial charge in [-0.1, -0.05) is 13.8 Å². The molecule has 0 aromatic carbocycles. The third kappa shape index (κ3) is 4.29. The summed E-state index contributed by atoms with van der Waals surface area (Å²) in [4.78, 5) is 9.92. The SMILES string of the molecule is B[C@@H]1O[C@H](CC(CC)OP(=O)(O)C(C)(O)CC)C(O)[C@@H]1O. The number of hydrogen-bond donors (Lipinski definition) is 4. The van der Waals surface area contributed by atoms with Gasteiger partial charge in [0.1, 0.15) is 20.1 Å². The molecule has 21 heavy (non-hydrogen) atoms. The van der Waals surface area contributed by atoms with Gasteiger partial charge >= 0.3 is 7.60 Å². The van der Waals surface area contributed by atoms with Crippen LogP contribution >= 0.6 is 7.60 Å². The molecule has 1 fully saturated rings. The predicted molar refractivity (Wildman–Crippen MR) is 79.7 cm³/mol. The van der Waals surface area contributed by atoms with E-state index in [4.69, 9.17) is 9.26 Å². The van der Waals surface area contributed by atoms with Gasteiger partial charge in [0.25, 0.3) is 0 Å². The molecule has 124 valence electrons. The summed E-state index contributed by atoms with van der Waals surface area (Å²) in [5.74, 6) is 0. The van der Waals surface area contributed by atoms with Crippen LogP contribution in [-0.4, -0.2) is 63.8 Å². The molecule has 1 aliphatic rings. The molecule has 0 aliphatic carbocycles. The van der Waals surface area contributed by atoms with Crippen molar-refractivity contribution in [2.24, 2.45) is 0 Å². The molecule has 4 unspecified atom stereocenters. The molecule has 0 bridgehead atoms. The van der Waals surface area contributed by atoms with E-state index in [0.29, 0.717) is 6.42 Å². The molecule has 7 nitrogen and oxygen atoms in total. The zero-order valence-corrected chi connectivity index (χ0v) is 13.9. The van der Waals surface area contributed by atoms with Gasteiger partial charge in [0.2, 0.25) is 0 Å². The van der Waals surface area contributed by atoms with E-state index in [-0.39, 0.29) is 12.8 Å². The normalized spacial score (nSPS) is 36.9. The van der Waals surface area contributed by atoms with E-state index >= 15 is 0 Å². The fourth-order valence-electron chi connectivity index (χ4n) is 2.19. The van der Waals surface area contributed by atoms with Gasteiger partial charge in [-0.05, 0) is 19.8 Å². The third-order valence-electron chi connectivity index (χ3n) is 4.12. The van der Waals surface area contributed by atoms with Crippen LogP contribution in [0.15, 0.2) is 0 Å². The molecule has 1 heterocycles. The molecule has 7 atom stereocenters. The Morgan fingerprint density at radius 3 is 2.33 bits per heavy atom. The highest BCUT2D eigenvalue weighted by molar-refractivity contribution is 7.54. The average Bonchev–Trinajstić information content (AvgIpc) is 2.65. The number of aliphatic hydroxyl groups is 3. The summed E-state index contributed by atoms with van der Waals surface area (Å²) in [5.41, 5.74) is 0. The standard InChI is InChI=1S/C12H26BO7P/c1-4-7(20-21(17,18)12(3,16)5-2)6-8-9(14)10(15)11(13)19-8/h7-11,14-16H,4-6,13H2,1-3H3,(H,17,18)/t7?,8-,9?,10+,11-,12?/m1/s1. The first-order valence-electron chi connectivity index (χ1n) is 7.31. The van der Waals surface area contributed by atoms with Gasteiger partial charge in [-0.15, -0.1) is 0 Å². The molecule has 0 amide bonds. The Hall–Kier alpha value is 0.0549. The Labute approximate surface area is 126 Å². The first-order chi connectivity index (χ1) is 9.55. The molecule has 0 aromatic heterocycles. The van der Waals surface area contributed by atoms with Gasteiger partial charge < -0.3 is 29.5 Å². The summed E-state index contributed by atoms with van der Waals surface area (Å²) in [6, 6.07) is -0.498. The number of aliphatic hydroxyl groups excluding tert-OH is 2. The van der Waals surface area contributed by atoms with Crippen molar-refractivity contribution in [1.29, 1.82) is 0 Å². The molecule has 9 heteroatoms. The van der Waals surface area contributed by atoms with Crippen molar-refractivity contribution in [3.63, 3.8) is 0 Å². The van der Waals surface area contributed by atoms with Crippen molar-refractivity contribution in [2.45, 2.75) is 75.8 Å². The van der Waals surface area contributed by atoms with Crippen LogP contribution in [0.2, 0.25) is 0 Å². The van der Waals surface area contributed by atoms with Crippen LogP contribution < -0.4 is 0 Å². The van der Waals surface area contributed by atoms with E-state index in [0.717, 1.165) is 0 Å². The minimum Gasteiger partial charge on any atom is -0.388 e. The van der Waals surface area contributed by atoms with Crippen LogP contribution in [0.1, 0.15) is 40.0 Å². The summed E-state index contributed by atoms with van der Waals surface area (Å²) in [6.07, 6.45) is -2.68. The number of rotatable bonds is 7. The van der Waals surface area contributed by atoms with Gasteiger partial charge in [0, 0.05) is 6.42 Å². The highest BCUT2D eigenvalue weighted by atomic mass is 31.2. The second-order valence-corrected chi connectivity index (χ2v) is 8.04. The third-order valence-corrected chi connectivity index (χ3v) is 6.24. The average molecular weight is 324 g/mol. The Bertz CT molecular complexity index is 392. The molecular weight excluding hydrogens is 298 g/mol. The fourth-order valence-corrected chi connectivity index (χ4v) is 3.45. The lowest BCUT2D eigenvalue weighted by Gasteiger charge is -2.31. The Kier molecular flexibility index (Phi) is 6.45. The van der Waals surface area contributed by atoms with Gasteiger partial charge in [-0.3, -0.25) is 4.57 Å². The Morgan fingerprint density at radius 2 is 1.95 bits per heavy atom. The van der Waals surface area contributed by atoms with Crippen molar-refractivity contribution in [3.05, 3.63) is 0 Å². The van der Waals surface area contributed by atoms with Gasteiger partial charge in [-0.25, -0.2) is 0 Å². The summed E-state index contributed by atoms with van der Waals surface area (Å²) in [5, 5.41) is 27.6. The zero-order chi connectivity index (χ0) is 16.4. The van der Waals surface area contributed by atoms with E-state index < -0.39 is 43.4 Å². The second-order valence-electron chi connectivity index (χ2n) is 5.82. The molecule has 1 rings (SSSR count). The smallest absolute Gasteiger partial charge is 0.359 e. The maximum atomic E-state index is 12.2. The van der Waals surface area contributed by atoms with Crippen LogP contribution in [0.25, 0.3) is 0 Å². The van der Waals surface area contributed by atoms with Crippen molar-refractivity contribution in [2.75, 3.05) is 0 Å². The van der Waals surface area contributed by atoms with E-state index in [1.807, 2.05) is 0 Å². The van der Waals surface area contributed by atoms with Crippen molar-refractivity contribution in [1.82, 2.24) is 0 Å². The highest BCUT2D eigenvalue weighted by Gasteiger charge is 2.45. The summed E-state index contributed by atoms with van der Waals surface area (Å²) in [6.45, 7) is 4.62. The minimum atomic E-state index is -4.22. The first kappa shape index (κ1) is 19.1. The maximum absolute atomic E-state index is 12.2. The quantitative estimate of drug-likeness (QED) is 0.370. The summed E-state index contributed by atoms with van der Waals surface area (Å²) in [7, 11) is -2.57. The van der Waals surface area contributed by atoms with Crippen LogP contribution in [-0.2, 0) is 13.8 Å². The fraction of sp³-hybridized carbons (Fsp3) is 1.00. The molecular formula is C12H26BO7P. The van der Waals surface area contributed by atoms with E-state index in [2.05, 4.69) is 0 Å². The second kappa shape index (κ2) is 7.09. The van der Waals surface area contributed by atoms with Crippen molar-refractivity contribution < 1.29 is 34.0 Å². The van der Waals surface area contributed by atoms with Crippen LogP contribution in [0.5, 0.6) is 0 Å². The van der Waals surface area contributed by atoms with Gasteiger partial charge in [0.05, 0.1) is 18.2 Å². The highest BCUT2D eigenvalue weighted by Crippen LogP contribution is 2.56. The molecule has 1 saturated heterocycles. The molecule has 0 saturated carbocycles.